The van der Waals surface area contributed by atoms with Crippen LogP contribution in [0.1, 0.15) is 34.5 Å². The molecule has 0 aliphatic carbocycles. The summed E-state index contributed by atoms with van der Waals surface area (Å²) in [5.74, 6) is -0.928. The molecule has 208 valence electrons. The topological polar surface area (TPSA) is 82.2 Å². The van der Waals surface area contributed by atoms with E-state index in [2.05, 4.69) is 5.32 Å². The molecule has 8 nitrogen and oxygen atoms in total. The number of rotatable bonds is 6. The molecule has 2 aliphatic rings. The van der Waals surface area contributed by atoms with Gasteiger partial charge in [-0.2, -0.15) is 13.2 Å². The van der Waals surface area contributed by atoms with E-state index >= 15 is 0 Å². The molecule has 1 saturated heterocycles. The minimum Gasteiger partial charge on any atom is -0.463 e. The van der Waals surface area contributed by atoms with E-state index in [0.29, 0.717) is 42.5 Å². The maximum atomic E-state index is 13.1. The van der Waals surface area contributed by atoms with Gasteiger partial charge in [-0.25, -0.2) is 9.59 Å². The molecule has 2 aliphatic heterocycles. The predicted molar refractivity (Wildman–Crippen MR) is 138 cm³/mol. The molecule has 2 aromatic carbocycles. The molecule has 2 aromatic rings. The van der Waals surface area contributed by atoms with E-state index in [-0.39, 0.29) is 30.2 Å². The average molecular weight is 565 g/mol. The van der Waals surface area contributed by atoms with Crippen molar-refractivity contribution in [1.82, 2.24) is 20.0 Å². The van der Waals surface area contributed by atoms with Crippen molar-refractivity contribution in [2.24, 2.45) is 0 Å². The van der Waals surface area contributed by atoms with Crippen molar-refractivity contribution < 1.29 is 32.3 Å². The summed E-state index contributed by atoms with van der Waals surface area (Å²) in [6.07, 6.45) is -4.47. The van der Waals surface area contributed by atoms with E-state index in [0.717, 1.165) is 12.1 Å². The Balaban J connectivity index is 1.53. The van der Waals surface area contributed by atoms with Gasteiger partial charge in [0.05, 0.1) is 23.8 Å². The second-order valence-corrected chi connectivity index (χ2v) is 9.59. The Morgan fingerprint density at radius 1 is 1.05 bits per heavy atom. The van der Waals surface area contributed by atoms with Crippen molar-refractivity contribution >= 4 is 29.5 Å². The third-order valence-electron chi connectivity index (χ3n) is 6.78. The van der Waals surface area contributed by atoms with Crippen molar-refractivity contribution in [2.75, 3.05) is 46.4 Å². The van der Waals surface area contributed by atoms with Crippen LogP contribution in [0.5, 0.6) is 0 Å². The molecule has 4 rings (SSSR count). The molecule has 0 spiro atoms. The smallest absolute Gasteiger partial charge is 0.416 e. The first kappa shape index (κ1) is 28.4. The van der Waals surface area contributed by atoms with E-state index in [9.17, 15) is 27.6 Å². The Labute approximate surface area is 228 Å². The SMILES string of the molecule is CCOC(=O)C1=C(CN2CCN(C(=O)c3ccc(C(F)(F)F)cc3)CC2)N(C)C(=O)N[C@H]1c1ccccc1Cl. The van der Waals surface area contributed by atoms with E-state index in [1.54, 1.807) is 43.1 Å². The van der Waals surface area contributed by atoms with Crippen LogP contribution in [0.25, 0.3) is 0 Å². The maximum absolute atomic E-state index is 13.1. The lowest BCUT2D eigenvalue weighted by Crippen LogP contribution is -2.53. The summed E-state index contributed by atoms with van der Waals surface area (Å²) in [5, 5.41) is 3.23. The number of piperazine rings is 1. The fourth-order valence-electron chi connectivity index (χ4n) is 4.65. The van der Waals surface area contributed by atoms with Crippen molar-refractivity contribution in [3.8, 4) is 0 Å². The fourth-order valence-corrected chi connectivity index (χ4v) is 4.89. The van der Waals surface area contributed by atoms with E-state index in [1.807, 2.05) is 4.90 Å². The maximum Gasteiger partial charge on any atom is 0.416 e. The van der Waals surface area contributed by atoms with Gasteiger partial charge >= 0.3 is 18.2 Å². The van der Waals surface area contributed by atoms with Crippen LogP contribution in [0.4, 0.5) is 18.0 Å². The second kappa shape index (κ2) is 11.7. The van der Waals surface area contributed by atoms with E-state index in [1.165, 1.54) is 17.0 Å². The first-order valence-electron chi connectivity index (χ1n) is 12.4. The van der Waals surface area contributed by atoms with Gasteiger partial charge in [0.2, 0.25) is 0 Å². The number of hydrogen-bond acceptors (Lipinski definition) is 5. The molecule has 1 N–H and O–H groups in total. The molecule has 2 heterocycles. The Morgan fingerprint density at radius 2 is 1.69 bits per heavy atom. The number of benzene rings is 2. The molecule has 0 radical (unpaired) electrons. The Morgan fingerprint density at radius 3 is 2.28 bits per heavy atom. The van der Waals surface area contributed by atoms with Crippen LogP contribution in [-0.2, 0) is 15.7 Å². The average Bonchev–Trinajstić information content (AvgIpc) is 2.91. The van der Waals surface area contributed by atoms with Gasteiger partial charge in [0.25, 0.3) is 5.91 Å². The summed E-state index contributed by atoms with van der Waals surface area (Å²) in [6.45, 7) is 3.59. The molecule has 39 heavy (non-hydrogen) atoms. The van der Waals surface area contributed by atoms with Gasteiger partial charge < -0.3 is 15.0 Å². The molecule has 3 amide bonds. The zero-order chi connectivity index (χ0) is 28.3. The lowest BCUT2D eigenvalue weighted by molar-refractivity contribution is -0.139. The summed E-state index contributed by atoms with van der Waals surface area (Å²) in [6, 6.07) is 9.87. The molecular formula is C27H28ClF3N4O4. The number of carbonyl (C=O) groups excluding carboxylic acids is 3. The first-order chi connectivity index (χ1) is 18.5. The number of carbonyl (C=O) groups is 3. The van der Waals surface area contributed by atoms with E-state index in [4.69, 9.17) is 16.3 Å². The Bertz CT molecular complexity index is 1270. The van der Waals surface area contributed by atoms with Crippen LogP contribution < -0.4 is 5.32 Å². The zero-order valence-corrected chi connectivity index (χ0v) is 22.2. The number of likely N-dealkylation sites (N-methyl/N-ethyl adjacent to an activating group) is 1. The largest absolute Gasteiger partial charge is 0.463 e. The number of ether oxygens (including phenoxy) is 1. The van der Waals surface area contributed by atoms with Gasteiger partial charge in [-0.3, -0.25) is 14.6 Å². The van der Waals surface area contributed by atoms with Crippen LogP contribution in [0.2, 0.25) is 5.02 Å². The van der Waals surface area contributed by atoms with Gasteiger partial charge in [-0.1, -0.05) is 29.8 Å². The number of urea groups is 1. The molecule has 1 fully saturated rings. The standard InChI is InChI=1S/C27H28ClF3N4O4/c1-3-39-25(37)22-21(33(2)26(38)32-23(22)19-6-4-5-7-20(19)28)16-34-12-14-35(15-13-34)24(36)17-8-10-18(11-9-17)27(29,30)31/h4-11,23H,3,12-16H2,1-2H3,(H,32,38)/t23-/m0/s1. The fraction of sp³-hybridized carbons (Fsp3) is 0.370. The number of nitrogens with zero attached hydrogens (tertiary/aromatic N) is 3. The van der Waals surface area contributed by atoms with Gasteiger partial charge in [-0.15, -0.1) is 0 Å². The normalized spacial score (nSPS) is 18.7. The van der Waals surface area contributed by atoms with Crippen molar-refractivity contribution in [3.63, 3.8) is 0 Å². The van der Waals surface area contributed by atoms with E-state index < -0.39 is 29.8 Å². The second-order valence-electron chi connectivity index (χ2n) is 9.19. The van der Waals surface area contributed by atoms with Crippen LogP contribution in [0, 0.1) is 0 Å². The highest BCUT2D eigenvalue weighted by atomic mass is 35.5. The van der Waals surface area contributed by atoms with Crippen LogP contribution >= 0.6 is 11.6 Å². The van der Waals surface area contributed by atoms with Crippen LogP contribution in [0.15, 0.2) is 59.8 Å². The summed E-state index contributed by atoms with van der Waals surface area (Å²) < 4.78 is 43.9. The molecule has 0 aromatic heterocycles. The lowest BCUT2D eigenvalue weighted by Gasteiger charge is -2.39. The molecular weight excluding hydrogens is 537 g/mol. The van der Waals surface area contributed by atoms with Gasteiger partial charge in [0, 0.05) is 56.1 Å². The van der Waals surface area contributed by atoms with Crippen LogP contribution in [-0.4, -0.2) is 79.0 Å². The third-order valence-corrected chi connectivity index (χ3v) is 7.12. The highest BCUT2D eigenvalue weighted by molar-refractivity contribution is 6.31. The number of hydrogen-bond donors (Lipinski definition) is 1. The Kier molecular flexibility index (Phi) is 8.51. The summed E-state index contributed by atoms with van der Waals surface area (Å²) in [5.41, 5.74) is 0.661. The number of halogens is 4. The van der Waals surface area contributed by atoms with Gasteiger partial charge in [0.1, 0.15) is 0 Å². The van der Waals surface area contributed by atoms with Crippen molar-refractivity contribution in [1.29, 1.82) is 0 Å². The first-order valence-corrected chi connectivity index (χ1v) is 12.8. The third kappa shape index (κ3) is 6.20. The van der Waals surface area contributed by atoms with Crippen LogP contribution in [0.3, 0.4) is 0 Å². The Hall–Kier alpha value is -3.57. The van der Waals surface area contributed by atoms with Crippen molar-refractivity contribution in [2.45, 2.75) is 19.1 Å². The monoisotopic (exact) mass is 564 g/mol. The minimum atomic E-state index is -4.47. The highest BCUT2D eigenvalue weighted by Crippen LogP contribution is 2.35. The molecule has 1 atom stereocenters. The quantitative estimate of drug-likeness (QED) is 0.528. The number of amides is 3. The summed E-state index contributed by atoms with van der Waals surface area (Å²) >= 11 is 6.41. The number of esters is 1. The van der Waals surface area contributed by atoms with Gasteiger partial charge in [0.15, 0.2) is 0 Å². The molecule has 0 bridgehead atoms. The lowest BCUT2D eigenvalue weighted by atomic mass is 9.94. The summed E-state index contributed by atoms with van der Waals surface area (Å²) in [7, 11) is 1.57. The summed E-state index contributed by atoms with van der Waals surface area (Å²) in [4.78, 5) is 43.9. The number of nitrogens with one attached hydrogen (secondary N) is 1. The predicted octanol–water partition coefficient (Wildman–Crippen LogP) is 4.33. The molecule has 12 heteroatoms. The zero-order valence-electron chi connectivity index (χ0n) is 21.4. The molecule has 0 saturated carbocycles. The number of alkyl halides is 3. The van der Waals surface area contributed by atoms with Crippen molar-refractivity contribution in [3.05, 3.63) is 81.5 Å². The highest BCUT2D eigenvalue weighted by Gasteiger charge is 2.38. The molecule has 0 unspecified atom stereocenters. The minimum absolute atomic E-state index is 0.146. The van der Waals surface area contributed by atoms with Gasteiger partial charge in [-0.05, 0) is 42.8 Å².